The summed E-state index contributed by atoms with van der Waals surface area (Å²) in [6.07, 6.45) is 10.2. The van der Waals surface area contributed by atoms with Crippen LogP contribution in [0.4, 0.5) is 5.82 Å². The predicted molar refractivity (Wildman–Crippen MR) is 112 cm³/mol. The number of aromatic nitrogens is 4. The number of aryl methyl sites for hydroxylation is 2. The Hall–Kier alpha value is -1.60. The maximum absolute atomic E-state index is 4.78. The molecule has 0 unspecified atom stereocenters. The van der Waals surface area contributed by atoms with Crippen LogP contribution >= 0.6 is 11.8 Å². The number of nitrogens with zero attached hydrogens (tertiary/aromatic N) is 5. The Morgan fingerprint density at radius 1 is 1.11 bits per heavy atom. The Labute approximate surface area is 166 Å². The van der Waals surface area contributed by atoms with Crippen molar-refractivity contribution in [2.45, 2.75) is 51.5 Å². The first-order valence-corrected chi connectivity index (χ1v) is 11.2. The quantitative estimate of drug-likeness (QED) is 0.849. The van der Waals surface area contributed by atoms with E-state index in [0.29, 0.717) is 0 Å². The van der Waals surface area contributed by atoms with E-state index in [2.05, 4.69) is 38.1 Å². The van der Waals surface area contributed by atoms with Gasteiger partial charge in [0.25, 0.3) is 0 Å². The summed E-state index contributed by atoms with van der Waals surface area (Å²) in [5.74, 6) is 4.14. The van der Waals surface area contributed by atoms with E-state index in [1.807, 2.05) is 24.7 Å². The summed E-state index contributed by atoms with van der Waals surface area (Å²) in [5, 5.41) is 8.16. The minimum Gasteiger partial charge on any atom is -0.367 e. The van der Waals surface area contributed by atoms with E-state index in [1.165, 1.54) is 56.7 Å². The van der Waals surface area contributed by atoms with Crippen LogP contribution in [-0.2, 0) is 0 Å². The molecule has 0 atom stereocenters. The van der Waals surface area contributed by atoms with E-state index in [-0.39, 0.29) is 5.54 Å². The van der Waals surface area contributed by atoms with Gasteiger partial charge in [-0.25, -0.2) is 9.67 Å². The van der Waals surface area contributed by atoms with Gasteiger partial charge in [0.15, 0.2) is 5.82 Å². The molecule has 2 fully saturated rings. The van der Waals surface area contributed by atoms with E-state index >= 15 is 0 Å². The molecule has 2 aromatic heterocycles. The highest BCUT2D eigenvalue weighted by molar-refractivity contribution is 7.99. The van der Waals surface area contributed by atoms with Crippen LogP contribution in [0.15, 0.2) is 18.5 Å². The molecule has 2 aliphatic rings. The minimum atomic E-state index is 0.273. The van der Waals surface area contributed by atoms with Gasteiger partial charge in [-0.2, -0.15) is 16.9 Å². The van der Waals surface area contributed by atoms with Crippen molar-refractivity contribution in [3.63, 3.8) is 0 Å². The van der Waals surface area contributed by atoms with Gasteiger partial charge in [0, 0.05) is 42.4 Å². The third-order valence-electron chi connectivity index (χ3n) is 5.91. The van der Waals surface area contributed by atoms with Crippen molar-refractivity contribution in [1.82, 2.24) is 24.6 Å². The Bertz CT molecular complexity index is 762. The smallest absolute Gasteiger partial charge is 0.174 e. The van der Waals surface area contributed by atoms with E-state index < -0.39 is 0 Å². The second kappa shape index (κ2) is 8.19. The zero-order valence-electron chi connectivity index (χ0n) is 16.4. The number of nitrogens with one attached hydrogen (secondary N) is 1. The lowest BCUT2D eigenvalue weighted by Crippen LogP contribution is -2.57. The molecule has 1 aliphatic carbocycles. The van der Waals surface area contributed by atoms with Gasteiger partial charge in [-0.05, 0) is 32.8 Å². The summed E-state index contributed by atoms with van der Waals surface area (Å²) in [6, 6.07) is 2.06. The predicted octanol–water partition coefficient (Wildman–Crippen LogP) is 3.44. The highest BCUT2D eigenvalue weighted by Crippen LogP contribution is 2.35. The van der Waals surface area contributed by atoms with Gasteiger partial charge in [0.05, 0.1) is 18.1 Å². The molecular weight excluding hydrogens is 356 g/mol. The molecule has 0 aromatic carbocycles. The molecular formula is C20H30N6S. The van der Waals surface area contributed by atoms with Gasteiger partial charge in [0.1, 0.15) is 5.82 Å². The maximum atomic E-state index is 4.78. The van der Waals surface area contributed by atoms with Crippen LogP contribution in [0.3, 0.4) is 0 Å². The molecule has 1 aliphatic heterocycles. The molecule has 0 spiro atoms. The van der Waals surface area contributed by atoms with Crippen molar-refractivity contribution in [3.8, 4) is 5.82 Å². The molecule has 4 rings (SSSR count). The van der Waals surface area contributed by atoms with E-state index in [9.17, 15) is 0 Å². The topological polar surface area (TPSA) is 58.9 Å². The van der Waals surface area contributed by atoms with Crippen molar-refractivity contribution < 1.29 is 0 Å². The second-order valence-electron chi connectivity index (χ2n) is 7.84. The van der Waals surface area contributed by atoms with Crippen LogP contribution in [0.2, 0.25) is 0 Å². The highest BCUT2D eigenvalue weighted by Gasteiger charge is 2.38. The number of anilines is 1. The average Bonchev–Trinajstić information content (AvgIpc) is 3.06. The largest absolute Gasteiger partial charge is 0.367 e. The molecule has 6 nitrogen and oxygen atoms in total. The number of hydrogen-bond donors (Lipinski definition) is 1. The minimum absolute atomic E-state index is 0.273. The molecule has 27 heavy (non-hydrogen) atoms. The normalized spacial score (nSPS) is 20.5. The summed E-state index contributed by atoms with van der Waals surface area (Å²) >= 11 is 2.08. The molecule has 1 N–H and O–H groups in total. The van der Waals surface area contributed by atoms with Crippen LogP contribution in [0.25, 0.3) is 5.82 Å². The standard InChI is InChI=1S/C20H30N6S/c1-16-12-17(2)26(24-16)19-14-21-13-18(23-19)22-15-20(6-4-3-5-7-20)25-8-10-27-11-9-25/h12-14H,3-11,15H2,1-2H3,(H,22,23). The van der Waals surface area contributed by atoms with Gasteiger partial charge in [-0.3, -0.25) is 9.88 Å². The molecule has 2 aromatic rings. The Morgan fingerprint density at radius 3 is 2.59 bits per heavy atom. The Balaban J connectivity index is 1.51. The van der Waals surface area contributed by atoms with E-state index in [4.69, 9.17) is 4.98 Å². The number of rotatable bonds is 5. The van der Waals surface area contributed by atoms with Crippen molar-refractivity contribution in [3.05, 3.63) is 29.8 Å². The summed E-state index contributed by atoms with van der Waals surface area (Å²) < 4.78 is 1.87. The second-order valence-corrected chi connectivity index (χ2v) is 9.06. The van der Waals surface area contributed by atoms with Gasteiger partial charge in [0.2, 0.25) is 0 Å². The van der Waals surface area contributed by atoms with Crippen LogP contribution in [0, 0.1) is 13.8 Å². The van der Waals surface area contributed by atoms with Gasteiger partial charge in [-0.1, -0.05) is 19.3 Å². The first kappa shape index (κ1) is 18.7. The molecule has 0 amide bonds. The third-order valence-corrected chi connectivity index (χ3v) is 6.86. The summed E-state index contributed by atoms with van der Waals surface area (Å²) in [7, 11) is 0. The van der Waals surface area contributed by atoms with Crippen molar-refractivity contribution in [2.24, 2.45) is 0 Å². The van der Waals surface area contributed by atoms with E-state index in [1.54, 1.807) is 6.20 Å². The first-order valence-electron chi connectivity index (χ1n) is 10.1. The summed E-state index contributed by atoms with van der Waals surface area (Å²) in [4.78, 5) is 11.9. The van der Waals surface area contributed by atoms with Crippen molar-refractivity contribution >= 4 is 17.6 Å². The molecule has 7 heteroatoms. The van der Waals surface area contributed by atoms with Crippen LogP contribution in [0.1, 0.15) is 43.5 Å². The van der Waals surface area contributed by atoms with Crippen LogP contribution < -0.4 is 5.32 Å². The summed E-state index contributed by atoms with van der Waals surface area (Å²) in [6.45, 7) is 7.43. The van der Waals surface area contributed by atoms with Crippen LogP contribution in [-0.4, -0.2) is 61.3 Å². The first-order chi connectivity index (χ1) is 13.2. The number of thioether (sulfide) groups is 1. The molecule has 0 radical (unpaired) electrons. The fourth-order valence-corrected chi connectivity index (χ4v) is 5.41. The zero-order valence-corrected chi connectivity index (χ0v) is 17.3. The summed E-state index contributed by atoms with van der Waals surface area (Å²) in [5.41, 5.74) is 2.35. The lowest BCUT2D eigenvalue weighted by molar-refractivity contribution is 0.0706. The molecule has 1 saturated heterocycles. The SMILES string of the molecule is Cc1cc(C)n(-c2cncc(NCC3(N4CCSCC4)CCCCC3)n2)n1. The molecule has 1 saturated carbocycles. The lowest BCUT2D eigenvalue weighted by Gasteiger charge is -2.48. The van der Waals surface area contributed by atoms with E-state index in [0.717, 1.165) is 29.6 Å². The van der Waals surface area contributed by atoms with Crippen LogP contribution in [0.5, 0.6) is 0 Å². The Kier molecular flexibility index (Phi) is 5.68. The van der Waals surface area contributed by atoms with Gasteiger partial charge in [-0.15, -0.1) is 0 Å². The van der Waals surface area contributed by atoms with Gasteiger partial charge >= 0.3 is 0 Å². The van der Waals surface area contributed by atoms with Gasteiger partial charge < -0.3 is 5.32 Å². The average molecular weight is 387 g/mol. The third kappa shape index (κ3) is 4.14. The van der Waals surface area contributed by atoms with Crippen molar-refractivity contribution in [1.29, 1.82) is 0 Å². The maximum Gasteiger partial charge on any atom is 0.174 e. The molecule has 146 valence electrons. The lowest BCUT2D eigenvalue weighted by atomic mass is 9.80. The number of hydrogen-bond acceptors (Lipinski definition) is 6. The fraction of sp³-hybridized carbons (Fsp3) is 0.650. The molecule has 3 heterocycles. The Morgan fingerprint density at radius 2 is 1.89 bits per heavy atom. The monoisotopic (exact) mass is 386 g/mol. The molecule has 0 bridgehead atoms. The zero-order chi connectivity index (χ0) is 18.7. The highest BCUT2D eigenvalue weighted by atomic mass is 32.2. The van der Waals surface area contributed by atoms with Crippen molar-refractivity contribution in [2.75, 3.05) is 36.5 Å². The fourth-order valence-electron chi connectivity index (χ4n) is 4.51.